The first-order valence-corrected chi connectivity index (χ1v) is 7.86. The molecule has 2 aromatic carbocycles. The Hall–Kier alpha value is -2.33. The molecule has 0 aliphatic heterocycles. The number of carbonyl (C=O) groups excluding carboxylic acids is 1. The van der Waals surface area contributed by atoms with E-state index in [0.717, 1.165) is 23.6 Å². The number of benzene rings is 2. The molecule has 0 radical (unpaired) electrons. The van der Waals surface area contributed by atoms with Gasteiger partial charge in [0.25, 0.3) is 0 Å². The summed E-state index contributed by atoms with van der Waals surface area (Å²) < 4.78 is 5.72. The average molecular weight is 312 g/mol. The predicted octanol–water partition coefficient (Wildman–Crippen LogP) is 4.20. The van der Waals surface area contributed by atoms with E-state index in [2.05, 4.69) is 31.4 Å². The summed E-state index contributed by atoms with van der Waals surface area (Å²) in [5.74, 6) is 1.47. The van der Waals surface area contributed by atoms with Gasteiger partial charge in [-0.2, -0.15) is 0 Å². The molecule has 122 valence electrons. The van der Waals surface area contributed by atoms with E-state index in [1.165, 1.54) is 0 Å². The second kappa shape index (κ2) is 7.79. The van der Waals surface area contributed by atoms with Crippen LogP contribution < -0.4 is 15.4 Å². The van der Waals surface area contributed by atoms with Crippen LogP contribution in [0.2, 0.25) is 0 Å². The fraction of sp³-hybridized carbons (Fsp3) is 0.316. The maximum absolute atomic E-state index is 11.9. The predicted molar refractivity (Wildman–Crippen MR) is 94.0 cm³/mol. The summed E-state index contributed by atoms with van der Waals surface area (Å²) >= 11 is 0. The van der Waals surface area contributed by atoms with Gasteiger partial charge in [-0.1, -0.05) is 25.1 Å². The molecule has 0 atom stereocenters. The first kappa shape index (κ1) is 17.0. The lowest BCUT2D eigenvalue weighted by molar-refractivity contribution is -0.115. The first-order valence-electron chi connectivity index (χ1n) is 7.86. The molecule has 4 nitrogen and oxygen atoms in total. The number of nitrogens with one attached hydrogen (secondary N) is 2. The van der Waals surface area contributed by atoms with E-state index in [0.29, 0.717) is 6.54 Å². The van der Waals surface area contributed by atoms with Crippen molar-refractivity contribution in [3.05, 3.63) is 54.6 Å². The molecule has 2 N–H and O–H groups in total. The van der Waals surface area contributed by atoms with Crippen LogP contribution in [0, 0.1) is 0 Å². The smallest absolute Gasteiger partial charge is 0.238 e. The van der Waals surface area contributed by atoms with Crippen molar-refractivity contribution >= 4 is 11.6 Å². The average Bonchev–Trinajstić information content (AvgIpc) is 2.56. The van der Waals surface area contributed by atoms with Crippen molar-refractivity contribution in [2.45, 2.75) is 32.7 Å². The van der Waals surface area contributed by atoms with Crippen LogP contribution in [0.5, 0.6) is 11.5 Å². The quantitative estimate of drug-likeness (QED) is 0.806. The van der Waals surface area contributed by atoms with Gasteiger partial charge in [-0.25, -0.2) is 0 Å². The van der Waals surface area contributed by atoms with Gasteiger partial charge in [0.15, 0.2) is 0 Å². The molecule has 0 fully saturated rings. The van der Waals surface area contributed by atoms with Crippen molar-refractivity contribution in [3.8, 4) is 11.5 Å². The minimum absolute atomic E-state index is 0.0370. The molecule has 2 rings (SSSR count). The fourth-order valence-corrected chi connectivity index (χ4v) is 1.88. The van der Waals surface area contributed by atoms with Crippen molar-refractivity contribution in [2.24, 2.45) is 0 Å². The van der Waals surface area contributed by atoms with Gasteiger partial charge in [0, 0.05) is 11.2 Å². The van der Waals surface area contributed by atoms with Gasteiger partial charge in [0.1, 0.15) is 11.5 Å². The third-order valence-corrected chi connectivity index (χ3v) is 3.73. The van der Waals surface area contributed by atoms with Crippen LogP contribution in [0.25, 0.3) is 0 Å². The third-order valence-electron chi connectivity index (χ3n) is 3.73. The largest absolute Gasteiger partial charge is 0.457 e. The number of rotatable bonds is 7. The number of carbonyl (C=O) groups is 1. The highest BCUT2D eigenvalue weighted by molar-refractivity contribution is 5.92. The van der Waals surface area contributed by atoms with E-state index in [-0.39, 0.29) is 11.4 Å². The number of ether oxygens (including phenoxy) is 1. The van der Waals surface area contributed by atoms with Gasteiger partial charge in [-0.3, -0.25) is 4.79 Å². The van der Waals surface area contributed by atoms with E-state index in [9.17, 15) is 4.79 Å². The van der Waals surface area contributed by atoms with Crippen LogP contribution in [0.1, 0.15) is 27.2 Å². The molecule has 0 aliphatic carbocycles. The van der Waals surface area contributed by atoms with Crippen LogP contribution in [0.15, 0.2) is 54.6 Å². The van der Waals surface area contributed by atoms with E-state index in [1.54, 1.807) is 0 Å². The van der Waals surface area contributed by atoms with Crippen molar-refractivity contribution in [3.63, 3.8) is 0 Å². The molecule has 0 saturated carbocycles. The highest BCUT2D eigenvalue weighted by Crippen LogP contribution is 2.22. The number of anilines is 1. The highest BCUT2D eigenvalue weighted by atomic mass is 16.5. The Morgan fingerprint density at radius 1 is 1.00 bits per heavy atom. The lowest BCUT2D eigenvalue weighted by Crippen LogP contribution is -2.43. The number of para-hydroxylation sites is 1. The molecule has 0 aromatic heterocycles. The van der Waals surface area contributed by atoms with E-state index < -0.39 is 0 Å². The minimum atomic E-state index is -0.0525. The first-order chi connectivity index (χ1) is 11.0. The summed E-state index contributed by atoms with van der Waals surface area (Å²) in [4.78, 5) is 11.9. The van der Waals surface area contributed by atoms with Crippen molar-refractivity contribution in [2.75, 3.05) is 11.9 Å². The Kier molecular flexibility index (Phi) is 5.77. The van der Waals surface area contributed by atoms with E-state index >= 15 is 0 Å². The van der Waals surface area contributed by atoms with Gasteiger partial charge in [-0.05, 0) is 56.7 Å². The molecule has 0 spiro atoms. The van der Waals surface area contributed by atoms with Gasteiger partial charge in [-0.15, -0.1) is 0 Å². The van der Waals surface area contributed by atoms with Crippen LogP contribution in [0.4, 0.5) is 5.69 Å². The zero-order chi connectivity index (χ0) is 16.7. The Bertz CT molecular complexity index is 622. The molecular formula is C19H24N2O2. The van der Waals surface area contributed by atoms with Crippen LogP contribution in [-0.4, -0.2) is 18.0 Å². The van der Waals surface area contributed by atoms with Crippen LogP contribution in [-0.2, 0) is 4.79 Å². The zero-order valence-electron chi connectivity index (χ0n) is 13.9. The third kappa shape index (κ3) is 5.75. The fourth-order valence-electron chi connectivity index (χ4n) is 1.88. The topological polar surface area (TPSA) is 50.4 Å². The van der Waals surface area contributed by atoms with E-state index in [4.69, 9.17) is 4.74 Å². The standard InChI is InChI=1S/C19H24N2O2/c1-4-19(2,3)20-14-18(22)21-15-10-12-17(13-11-15)23-16-8-6-5-7-9-16/h5-13,20H,4,14H2,1-3H3,(H,21,22). The van der Waals surface area contributed by atoms with Gasteiger partial charge >= 0.3 is 0 Å². The molecule has 2 aromatic rings. The Labute approximate surface area is 137 Å². The normalized spacial score (nSPS) is 11.1. The van der Waals surface area contributed by atoms with E-state index in [1.807, 2.05) is 54.6 Å². The summed E-state index contributed by atoms with van der Waals surface area (Å²) in [5.41, 5.74) is 0.719. The Morgan fingerprint density at radius 3 is 2.22 bits per heavy atom. The number of amides is 1. The second-order valence-electron chi connectivity index (χ2n) is 6.08. The van der Waals surface area contributed by atoms with Crippen molar-refractivity contribution in [1.82, 2.24) is 5.32 Å². The van der Waals surface area contributed by atoms with Gasteiger partial charge < -0.3 is 15.4 Å². The molecule has 0 saturated heterocycles. The summed E-state index contributed by atoms with van der Waals surface area (Å²) in [5, 5.41) is 6.11. The Morgan fingerprint density at radius 2 is 1.61 bits per heavy atom. The Balaban J connectivity index is 1.86. The molecule has 0 unspecified atom stereocenters. The summed E-state index contributed by atoms with van der Waals surface area (Å²) in [6.45, 7) is 6.55. The van der Waals surface area contributed by atoms with Gasteiger partial charge in [0.05, 0.1) is 6.54 Å². The summed E-state index contributed by atoms with van der Waals surface area (Å²) in [6.07, 6.45) is 0.964. The molecule has 1 amide bonds. The maximum Gasteiger partial charge on any atom is 0.238 e. The summed E-state index contributed by atoms with van der Waals surface area (Å²) in [6, 6.07) is 16.9. The van der Waals surface area contributed by atoms with Gasteiger partial charge in [0.2, 0.25) is 5.91 Å². The molecule has 0 bridgehead atoms. The van der Waals surface area contributed by atoms with Crippen LogP contribution >= 0.6 is 0 Å². The lowest BCUT2D eigenvalue weighted by Gasteiger charge is -2.24. The second-order valence-corrected chi connectivity index (χ2v) is 6.08. The molecule has 0 aliphatic rings. The summed E-state index contributed by atoms with van der Waals surface area (Å²) in [7, 11) is 0. The number of hydrogen-bond acceptors (Lipinski definition) is 3. The SMILES string of the molecule is CCC(C)(C)NCC(=O)Nc1ccc(Oc2ccccc2)cc1. The minimum Gasteiger partial charge on any atom is -0.457 e. The van der Waals surface area contributed by atoms with Crippen LogP contribution in [0.3, 0.4) is 0 Å². The zero-order valence-corrected chi connectivity index (χ0v) is 13.9. The molecule has 23 heavy (non-hydrogen) atoms. The maximum atomic E-state index is 11.9. The number of hydrogen-bond donors (Lipinski definition) is 2. The molecular weight excluding hydrogens is 288 g/mol. The molecule has 4 heteroatoms. The van der Waals surface area contributed by atoms with Crippen molar-refractivity contribution < 1.29 is 9.53 Å². The van der Waals surface area contributed by atoms with Crippen molar-refractivity contribution in [1.29, 1.82) is 0 Å². The lowest BCUT2D eigenvalue weighted by atomic mass is 10.0. The molecule has 0 heterocycles. The monoisotopic (exact) mass is 312 g/mol. The highest BCUT2D eigenvalue weighted by Gasteiger charge is 2.15.